The van der Waals surface area contributed by atoms with Crippen molar-refractivity contribution in [1.29, 1.82) is 0 Å². The second kappa shape index (κ2) is 14.4. The van der Waals surface area contributed by atoms with E-state index in [1.165, 1.54) is 29.5 Å². The van der Waals surface area contributed by atoms with Gasteiger partial charge in [0.05, 0.1) is 25.2 Å². The number of ether oxygens (including phenoxy) is 2. The summed E-state index contributed by atoms with van der Waals surface area (Å²) in [5.74, 6) is -0.569. The first kappa shape index (κ1) is 29.0. The molecule has 0 saturated heterocycles. The first-order chi connectivity index (χ1) is 19.3. The number of aryl methyl sites for hydroxylation is 2. The molecule has 3 aromatic heterocycles. The van der Waals surface area contributed by atoms with Crippen molar-refractivity contribution in [2.45, 2.75) is 51.9 Å². The molecule has 1 aromatic carbocycles. The third-order valence-electron chi connectivity index (χ3n) is 5.35. The van der Waals surface area contributed by atoms with Crippen LogP contribution in [0.5, 0.6) is 5.75 Å². The van der Waals surface area contributed by atoms with Gasteiger partial charge in [0.1, 0.15) is 22.4 Å². The van der Waals surface area contributed by atoms with Gasteiger partial charge in [0.15, 0.2) is 5.69 Å². The van der Waals surface area contributed by atoms with Crippen LogP contribution in [0.1, 0.15) is 44.6 Å². The van der Waals surface area contributed by atoms with Gasteiger partial charge < -0.3 is 14.8 Å². The third kappa shape index (κ3) is 9.98. The van der Waals surface area contributed by atoms with Gasteiger partial charge in [-0.05, 0) is 42.7 Å². The van der Waals surface area contributed by atoms with E-state index in [1.54, 1.807) is 23.1 Å². The summed E-state index contributed by atoms with van der Waals surface area (Å²) < 4.78 is 48.1. The predicted molar refractivity (Wildman–Crippen MR) is 138 cm³/mol. The fraction of sp³-hybridized carbons (Fsp3) is 0.360. The van der Waals surface area contributed by atoms with E-state index in [0.717, 1.165) is 35.0 Å². The summed E-state index contributed by atoms with van der Waals surface area (Å²) in [6.07, 6.45) is 0.992. The van der Waals surface area contributed by atoms with Crippen molar-refractivity contribution in [3.05, 3.63) is 81.8 Å². The highest BCUT2D eigenvalue weighted by Crippen LogP contribution is 2.23. The minimum absolute atomic E-state index is 0.195. The predicted octanol–water partition coefficient (Wildman–Crippen LogP) is 3.64. The van der Waals surface area contributed by atoms with Crippen LogP contribution < -0.4 is 15.4 Å². The summed E-state index contributed by atoms with van der Waals surface area (Å²) in [5, 5.41) is 23.7. The Morgan fingerprint density at radius 2 is 1.90 bits per heavy atom. The molecule has 0 aliphatic carbocycles. The van der Waals surface area contributed by atoms with Crippen molar-refractivity contribution in [3.63, 3.8) is 0 Å². The number of aromatic nitrogens is 6. The van der Waals surface area contributed by atoms with Crippen molar-refractivity contribution in [1.82, 2.24) is 40.8 Å². The highest BCUT2D eigenvalue weighted by molar-refractivity contribution is 7.11. The molecule has 11 nitrogen and oxygen atoms in total. The molecule has 0 radical (unpaired) electrons. The van der Waals surface area contributed by atoms with Gasteiger partial charge in [-0.2, -0.15) is 0 Å². The van der Waals surface area contributed by atoms with E-state index in [0.29, 0.717) is 25.2 Å². The number of unbranched alkanes of at least 4 members (excludes halogenated alkanes) is 1. The Kier molecular flexibility index (Phi) is 10.5. The standard InChI is InChI=1S/C25H27F3N8O3S/c26-25(27,28)39-20-8-5-6-18(12-20)13-29-17-38-16-23-34-33-22(40-23)9-2-4-11-36-15-21(32-35-36)24(37)31-14-19-7-1-3-10-30-19/h1,3,5-8,10,12,15,29H,2,4,9,11,13-14,16-17H2,(H,31,37). The van der Waals surface area contributed by atoms with E-state index >= 15 is 0 Å². The molecule has 1 amide bonds. The summed E-state index contributed by atoms with van der Waals surface area (Å²) in [7, 11) is 0. The zero-order chi connectivity index (χ0) is 28.2. The van der Waals surface area contributed by atoms with Crippen LogP contribution in [-0.4, -0.2) is 49.2 Å². The van der Waals surface area contributed by atoms with E-state index < -0.39 is 6.36 Å². The van der Waals surface area contributed by atoms with Gasteiger partial charge in [0.25, 0.3) is 5.91 Å². The van der Waals surface area contributed by atoms with Crippen molar-refractivity contribution in [3.8, 4) is 5.75 Å². The molecule has 2 N–H and O–H groups in total. The number of carbonyl (C=O) groups is 1. The Bertz CT molecular complexity index is 1350. The lowest BCUT2D eigenvalue weighted by molar-refractivity contribution is -0.274. The van der Waals surface area contributed by atoms with Gasteiger partial charge in [-0.15, -0.1) is 28.5 Å². The van der Waals surface area contributed by atoms with Crippen LogP contribution in [-0.2, 0) is 37.4 Å². The van der Waals surface area contributed by atoms with Crippen molar-refractivity contribution in [2.24, 2.45) is 0 Å². The van der Waals surface area contributed by atoms with Crippen LogP contribution in [0.2, 0.25) is 0 Å². The van der Waals surface area contributed by atoms with Crippen LogP contribution >= 0.6 is 11.3 Å². The van der Waals surface area contributed by atoms with E-state index in [4.69, 9.17) is 4.74 Å². The van der Waals surface area contributed by atoms with Crippen molar-refractivity contribution >= 4 is 17.2 Å². The van der Waals surface area contributed by atoms with Gasteiger partial charge in [-0.3, -0.25) is 19.8 Å². The summed E-state index contributed by atoms with van der Waals surface area (Å²) in [6.45, 7) is 1.72. The number of nitrogens with zero attached hydrogens (tertiary/aromatic N) is 6. The number of halogens is 3. The smallest absolute Gasteiger partial charge is 0.406 e. The van der Waals surface area contributed by atoms with Gasteiger partial charge in [0.2, 0.25) is 0 Å². The molecule has 4 rings (SSSR count). The molecular formula is C25H27F3N8O3S. The van der Waals surface area contributed by atoms with Gasteiger partial charge >= 0.3 is 6.36 Å². The lowest BCUT2D eigenvalue weighted by atomic mass is 10.2. The lowest BCUT2D eigenvalue weighted by Crippen LogP contribution is -2.23. The van der Waals surface area contributed by atoms with Gasteiger partial charge in [0, 0.05) is 25.7 Å². The largest absolute Gasteiger partial charge is 0.573 e. The maximum absolute atomic E-state index is 12.3. The second-order valence-electron chi connectivity index (χ2n) is 8.53. The normalized spacial score (nSPS) is 11.5. The quantitative estimate of drug-likeness (QED) is 0.161. The minimum atomic E-state index is -4.72. The number of amides is 1. The number of rotatable bonds is 15. The Labute approximate surface area is 231 Å². The third-order valence-corrected chi connectivity index (χ3v) is 6.31. The second-order valence-corrected chi connectivity index (χ2v) is 9.68. The molecule has 0 aliphatic heterocycles. The average Bonchev–Trinajstić information content (AvgIpc) is 3.59. The first-order valence-corrected chi connectivity index (χ1v) is 13.2. The summed E-state index contributed by atoms with van der Waals surface area (Å²) >= 11 is 1.46. The number of alkyl halides is 3. The Hall–Kier alpha value is -3.95. The average molecular weight is 577 g/mol. The fourth-order valence-corrected chi connectivity index (χ4v) is 4.36. The molecule has 0 fully saturated rings. The van der Waals surface area contributed by atoms with Crippen molar-refractivity contribution < 1.29 is 27.4 Å². The highest BCUT2D eigenvalue weighted by Gasteiger charge is 2.31. The van der Waals surface area contributed by atoms with Crippen LogP contribution in [0.25, 0.3) is 0 Å². The molecule has 212 valence electrons. The maximum Gasteiger partial charge on any atom is 0.573 e. The number of hydrogen-bond acceptors (Lipinski definition) is 10. The zero-order valence-corrected chi connectivity index (χ0v) is 22.1. The Balaban J connectivity index is 1.08. The molecule has 0 aliphatic rings. The fourth-order valence-electron chi connectivity index (χ4n) is 3.53. The monoisotopic (exact) mass is 576 g/mol. The minimum Gasteiger partial charge on any atom is -0.406 e. The summed E-state index contributed by atoms with van der Waals surface area (Å²) in [5.41, 5.74) is 1.65. The zero-order valence-electron chi connectivity index (χ0n) is 21.3. The molecular weight excluding hydrogens is 549 g/mol. The molecule has 0 bridgehead atoms. The van der Waals surface area contributed by atoms with Crippen LogP contribution in [0.3, 0.4) is 0 Å². The van der Waals surface area contributed by atoms with E-state index in [2.05, 4.69) is 40.9 Å². The summed E-state index contributed by atoms with van der Waals surface area (Å²) in [6, 6.07) is 11.3. The van der Waals surface area contributed by atoms with E-state index in [9.17, 15) is 18.0 Å². The SMILES string of the molecule is O=C(NCc1ccccn1)c1cn(CCCCc2nnc(COCNCc3cccc(OC(F)(F)F)c3)s2)nn1. The Morgan fingerprint density at radius 1 is 1.02 bits per heavy atom. The van der Waals surface area contributed by atoms with Gasteiger partial charge in [-0.1, -0.05) is 34.7 Å². The molecule has 0 saturated carbocycles. The highest BCUT2D eigenvalue weighted by atomic mass is 32.1. The first-order valence-electron chi connectivity index (χ1n) is 12.4. The van der Waals surface area contributed by atoms with Crippen LogP contribution in [0, 0.1) is 0 Å². The molecule has 3 heterocycles. The van der Waals surface area contributed by atoms with E-state index in [1.807, 2.05) is 18.2 Å². The molecule has 40 heavy (non-hydrogen) atoms. The number of carbonyl (C=O) groups excluding carboxylic acids is 1. The lowest BCUT2D eigenvalue weighted by Gasteiger charge is -2.10. The van der Waals surface area contributed by atoms with Crippen molar-refractivity contribution in [2.75, 3.05) is 6.73 Å². The maximum atomic E-state index is 12.3. The molecule has 4 aromatic rings. The number of hydrogen-bond donors (Lipinski definition) is 2. The number of benzene rings is 1. The van der Waals surface area contributed by atoms with Crippen LogP contribution in [0.4, 0.5) is 13.2 Å². The van der Waals surface area contributed by atoms with Crippen LogP contribution in [0.15, 0.2) is 54.9 Å². The topological polar surface area (TPSA) is 129 Å². The molecule has 0 unspecified atom stereocenters. The van der Waals surface area contributed by atoms with E-state index in [-0.39, 0.29) is 30.7 Å². The van der Waals surface area contributed by atoms with Gasteiger partial charge in [-0.25, -0.2) is 0 Å². The molecule has 15 heteroatoms. The molecule has 0 spiro atoms. The molecule has 0 atom stereocenters. The Morgan fingerprint density at radius 3 is 2.73 bits per heavy atom. The number of pyridine rings is 1. The number of nitrogens with one attached hydrogen (secondary N) is 2. The summed E-state index contributed by atoms with van der Waals surface area (Å²) in [4.78, 5) is 16.4.